The number of hydrogen-bond donors (Lipinski definition) is 2. The van der Waals surface area contributed by atoms with Crippen LogP contribution in [0.25, 0.3) is 0 Å². The fourth-order valence-corrected chi connectivity index (χ4v) is 5.23. The van der Waals surface area contributed by atoms with Crippen LogP contribution in [0, 0.1) is 5.82 Å². The highest BCUT2D eigenvalue weighted by Crippen LogP contribution is 2.22. The molecule has 38 heavy (non-hydrogen) atoms. The molecule has 196 valence electrons. The number of carbonyl (C=O) groups excluding carboxylic acids is 1. The molecule has 0 unspecified atom stereocenters. The standard InChI is InChI=1S/C25H22FN5O5S2/c1-37(33,34)31(17-18-3-7-20(26)8-4-18)22-11-5-19(6-12-22)24(32)29-21-9-13-23(14-10-21)38(35,36)30-25-27-15-2-16-28-25/h2-16H,17H2,1H3,(H,29,32)(H,27,28,30). The first kappa shape index (κ1) is 26.7. The molecule has 4 rings (SSSR count). The summed E-state index contributed by atoms with van der Waals surface area (Å²) in [6.45, 7) is -0.00876. The third-order valence-corrected chi connectivity index (χ3v) is 7.76. The largest absolute Gasteiger partial charge is 0.322 e. The number of benzene rings is 3. The molecular weight excluding hydrogens is 533 g/mol. The summed E-state index contributed by atoms with van der Waals surface area (Å²) < 4.78 is 66.4. The highest BCUT2D eigenvalue weighted by Gasteiger charge is 2.19. The van der Waals surface area contributed by atoms with Crippen LogP contribution < -0.4 is 14.3 Å². The van der Waals surface area contributed by atoms with E-state index in [0.717, 1.165) is 10.6 Å². The van der Waals surface area contributed by atoms with E-state index in [4.69, 9.17) is 0 Å². The summed E-state index contributed by atoms with van der Waals surface area (Å²) in [5.41, 5.74) is 1.53. The van der Waals surface area contributed by atoms with Crippen LogP contribution in [0.4, 0.5) is 21.7 Å². The van der Waals surface area contributed by atoms with Gasteiger partial charge in [-0.1, -0.05) is 12.1 Å². The molecule has 10 nitrogen and oxygen atoms in total. The molecule has 0 spiro atoms. The number of rotatable bonds is 9. The van der Waals surface area contributed by atoms with Gasteiger partial charge in [0, 0.05) is 23.6 Å². The van der Waals surface area contributed by atoms with Gasteiger partial charge in [-0.3, -0.25) is 9.10 Å². The zero-order chi connectivity index (χ0) is 27.3. The zero-order valence-corrected chi connectivity index (χ0v) is 21.6. The molecule has 0 bridgehead atoms. The van der Waals surface area contributed by atoms with Crippen LogP contribution in [0.3, 0.4) is 0 Å². The minimum absolute atomic E-state index is 0.00876. The first-order chi connectivity index (χ1) is 18.0. The van der Waals surface area contributed by atoms with Crippen molar-refractivity contribution in [3.05, 3.63) is 108 Å². The van der Waals surface area contributed by atoms with Crippen LogP contribution in [0.1, 0.15) is 15.9 Å². The molecule has 0 aliphatic carbocycles. The fraction of sp³-hybridized carbons (Fsp3) is 0.0800. The number of anilines is 3. The Hall–Kier alpha value is -4.36. The Labute approximate surface area is 219 Å². The topological polar surface area (TPSA) is 138 Å². The van der Waals surface area contributed by atoms with E-state index in [1.54, 1.807) is 6.07 Å². The molecule has 1 heterocycles. The minimum Gasteiger partial charge on any atom is -0.322 e. The lowest BCUT2D eigenvalue weighted by molar-refractivity contribution is 0.102. The van der Waals surface area contributed by atoms with Gasteiger partial charge in [0.05, 0.1) is 23.4 Å². The van der Waals surface area contributed by atoms with Crippen LogP contribution in [0.5, 0.6) is 0 Å². The number of halogens is 1. The molecule has 1 aromatic heterocycles. The first-order valence-corrected chi connectivity index (χ1v) is 14.4. The second-order valence-electron chi connectivity index (χ2n) is 8.10. The summed E-state index contributed by atoms with van der Waals surface area (Å²) in [5.74, 6) is -0.974. The number of nitrogens with one attached hydrogen (secondary N) is 2. The summed E-state index contributed by atoms with van der Waals surface area (Å²) in [7, 11) is -7.59. The number of sulfonamides is 2. The van der Waals surface area contributed by atoms with Crippen molar-refractivity contribution >= 4 is 43.3 Å². The van der Waals surface area contributed by atoms with Gasteiger partial charge in [0.2, 0.25) is 16.0 Å². The number of hydrogen-bond acceptors (Lipinski definition) is 7. The normalized spacial score (nSPS) is 11.5. The second-order valence-corrected chi connectivity index (χ2v) is 11.7. The average molecular weight is 556 g/mol. The van der Waals surface area contributed by atoms with E-state index < -0.39 is 31.8 Å². The lowest BCUT2D eigenvalue weighted by Crippen LogP contribution is -2.29. The predicted octanol–water partition coefficient (Wildman–Crippen LogP) is 3.64. The van der Waals surface area contributed by atoms with Crippen molar-refractivity contribution in [3.63, 3.8) is 0 Å². The fourth-order valence-electron chi connectivity index (χ4n) is 3.39. The SMILES string of the molecule is CS(=O)(=O)N(Cc1ccc(F)cc1)c1ccc(C(=O)Nc2ccc(S(=O)(=O)Nc3ncccn3)cc2)cc1. The van der Waals surface area contributed by atoms with Crippen LogP contribution in [0.15, 0.2) is 96.2 Å². The van der Waals surface area contributed by atoms with Gasteiger partial charge in [0.25, 0.3) is 15.9 Å². The van der Waals surface area contributed by atoms with Crippen LogP contribution >= 0.6 is 0 Å². The first-order valence-electron chi connectivity index (χ1n) is 11.0. The van der Waals surface area contributed by atoms with E-state index in [2.05, 4.69) is 20.0 Å². The minimum atomic E-state index is -3.92. The maximum atomic E-state index is 13.2. The summed E-state index contributed by atoms with van der Waals surface area (Å²) in [6, 6.07) is 18.5. The van der Waals surface area contributed by atoms with E-state index in [1.165, 1.54) is 85.2 Å². The number of amides is 1. The summed E-state index contributed by atoms with van der Waals surface area (Å²) in [5, 5.41) is 2.66. The van der Waals surface area contributed by atoms with Crippen molar-refractivity contribution < 1.29 is 26.0 Å². The third-order valence-electron chi connectivity index (χ3n) is 5.27. The van der Waals surface area contributed by atoms with Crippen LogP contribution in [-0.4, -0.2) is 39.0 Å². The van der Waals surface area contributed by atoms with Gasteiger partial charge in [0.1, 0.15) is 5.82 Å². The predicted molar refractivity (Wildman–Crippen MR) is 141 cm³/mol. The molecule has 3 aromatic carbocycles. The second kappa shape index (κ2) is 10.9. The van der Waals surface area contributed by atoms with Gasteiger partial charge < -0.3 is 5.32 Å². The molecule has 2 N–H and O–H groups in total. The van der Waals surface area contributed by atoms with Crippen molar-refractivity contribution in [1.29, 1.82) is 0 Å². The summed E-state index contributed by atoms with van der Waals surface area (Å²) >= 11 is 0. The quantitative estimate of drug-likeness (QED) is 0.322. The van der Waals surface area contributed by atoms with Crippen LogP contribution in [-0.2, 0) is 26.6 Å². The van der Waals surface area contributed by atoms with Gasteiger partial charge in [-0.2, -0.15) is 0 Å². The Balaban J connectivity index is 1.44. The van der Waals surface area contributed by atoms with Gasteiger partial charge in [-0.15, -0.1) is 0 Å². The molecule has 4 aromatic rings. The molecular formula is C25H22FN5O5S2. The maximum Gasteiger partial charge on any atom is 0.264 e. The monoisotopic (exact) mass is 555 g/mol. The highest BCUT2D eigenvalue weighted by molar-refractivity contribution is 7.92. The maximum absolute atomic E-state index is 13.2. The van der Waals surface area contributed by atoms with Crippen LogP contribution in [0.2, 0.25) is 0 Å². The summed E-state index contributed by atoms with van der Waals surface area (Å²) in [4.78, 5) is 20.3. The Morgan fingerprint density at radius 2 is 1.47 bits per heavy atom. The Bertz CT molecular complexity index is 1630. The van der Waals surface area contributed by atoms with Gasteiger partial charge >= 0.3 is 0 Å². The van der Waals surface area contributed by atoms with E-state index in [0.29, 0.717) is 16.9 Å². The zero-order valence-electron chi connectivity index (χ0n) is 19.9. The molecule has 0 radical (unpaired) electrons. The Kier molecular flexibility index (Phi) is 7.69. The van der Waals surface area contributed by atoms with E-state index in [-0.39, 0.29) is 23.0 Å². The average Bonchev–Trinajstić information content (AvgIpc) is 2.88. The molecule has 0 aliphatic rings. The number of carbonyl (C=O) groups is 1. The van der Waals surface area contributed by atoms with E-state index in [1.807, 2.05) is 0 Å². The van der Waals surface area contributed by atoms with Crippen molar-refractivity contribution in [3.8, 4) is 0 Å². The van der Waals surface area contributed by atoms with E-state index in [9.17, 15) is 26.0 Å². The van der Waals surface area contributed by atoms with Crippen molar-refractivity contribution in [2.75, 3.05) is 20.6 Å². The van der Waals surface area contributed by atoms with Gasteiger partial charge in [0.15, 0.2) is 0 Å². The Morgan fingerprint density at radius 1 is 0.868 bits per heavy atom. The van der Waals surface area contributed by atoms with Gasteiger partial charge in [-0.05, 0) is 72.3 Å². The third kappa shape index (κ3) is 6.69. The number of nitrogens with zero attached hydrogens (tertiary/aromatic N) is 3. The smallest absolute Gasteiger partial charge is 0.264 e. The van der Waals surface area contributed by atoms with Crippen molar-refractivity contribution in [2.24, 2.45) is 0 Å². The summed E-state index contributed by atoms with van der Waals surface area (Å²) in [6.07, 6.45) is 3.87. The van der Waals surface area contributed by atoms with E-state index >= 15 is 0 Å². The highest BCUT2D eigenvalue weighted by atomic mass is 32.2. The molecule has 13 heteroatoms. The van der Waals surface area contributed by atoms with Gasteiger partial charge in [-0.25, -0.2) is 35.9 Å². The molecule has 0 aliphatic heterocycles. The Morgan fingerprint density at radius 3 is 2.05 bits per heavy atom. The molecule has 0 saturated heterocycles. The molecule has 0 saturated carbocycles. The molecule has 1 amide bonds. The molecule has 0 atom stereocenters. The number of aromatic nitrogens is 2. The van der Waals surface area contributed by atoms with Crippen molar-refractivity contribution in [2.45, 2.75) is 11.4 Å². The lowest BCUT2D eigenvalue weighted by atomic mass is 10.1. The molecule has 0 fully saturated rings. The van der Waals surface area contributed by atoms with Crippen molar-refractivity contribution in [1.82, 2.24) is 9.97 Å². The lowest BCUT2D eigenvalue weighted by Gasteiger charge is -2.22.